The lowest BCUT2D eigenvalue weighted by Crippen LogP contribution is -2.40. The van der Waals surface area contributed by atoms with Crippen LogP contribution in [-0.4, -0.2) is 11.9 Å². The molecule has 0 N–H and O–H groups in total. The molecule has 2 nitrogen and oxygen atoms in total. The minimum Gasteiger partial charge on any atom is -0.464 e. The summed E-state index contributed by atoms with van der Waals surface area (Å²) in [5, 5.41) is 0. The average Bonchev–Trinajstić information content (AvgIpc) is 2.26. The Labute approximate surface area is 117 Å². The Morgan fingerprint density at radius 3 is 1.89 bits per heavy atom. The van der Waals surface area contributed by atoms with E-state index in [0.29, 0.717) is 0 Å². The van der Waals surface area contributed by atoms with Gasteiger partial charge >= 0.3 is 0 Å². The molecule has 1 aromatic carbocycles. The molecular formula is C17H26O2. The molecule has 0 heterocycles. The highest BCUT2D eigenvalue weighted by atomic mass is 16.7. The SMILES string of the molecule is C=Cc1ccc(OC(OC(C)(C)C)C(C)(C)C)cc1. The van der Waals surface area contributed by atoms with Crippen molar-refractivity contribution in [3.8, 4) is 5.75 Å². The van der Waals surface area contributed by atoms with E-state index in [4.69, 9.17) is 9.47 Å². The van der Waals surface area contributed by atoms with Gasteiger partial charge in [0.15, 0.2) is 0 Å². The van der Waals surface area contributed by atoms with Crippen LogP contribution in [0.4, 0.5) is 0 Å². The molecule has 1 atom stereocenters. The molecule has 19 heavy (non-hydrogen) atoms. The first kappa shape index (κ1) is 15.8. The van der Waals surface area contributed by atoms with E-state index in [1.807, 2.05) is 51.1 Å². The van der Waals surface area contributed by atoms with Crippen molar-refractivity contribution in [2.45, 2.75) is 53.4 Å². The Morgan fingerprint density at radius 2 is 1.53 bits per heavy atom. The summed E-state index contributed by atoms with van der Waals surface area (Å²) < 4.78 is 12.0. The molecule has 1 aromatic rings. The second-order valence-corrected chi connectivity index (χ2v) is 6.82. The lowest BCUT2D eigenvalue weighted by Gasteiger charge is -2.36. The third kappa shape index (κ3) is 5.48. The summed E-state index contributed by atoms with van der Waals surface area (Å²) >= 11 is 0. The molecule has 1 unspecified atom stereocenters. The average molecular weight is 262 g/mol. The van der Waals surface area contributed by atoms with Gasteiger partial charge in [0.2, 0.25) is 6.29 Å². The second kappa shape index (κ2) is 5.79. The number of hydrogen-bond acceptors (Lipinski definition) is 2. The number of rotatable bonds is 4. The van der Waals surface area contributed by atoms with Gasteiger partial charge in [-0.25, -0.2) is 0 Å². The molecule has 0 fully saturated rings. The van der Waals surface area contributed by atoms with Crippen LogP contribution < -0.4 is 4.74 Å². The standard InChI is InChI=1S/C17H26O2/c1-8-13-9-11-14(12-10-13)18-15(16(2,3)4)19-17(5,6)7/h8-12,15H,1H2,2-7H3. The van der Waals surface area contributed by atoms with Crippen LogP contribution in [0.1, 0.15) is 47.1 Å². The number of benzene rings is 1. The van der Waals surface area contributed by atoms with Crippen molar-refractivity contribution in [1.29, 1.82) is 0 Å². The molecular weight excluding hydrogens is 236 g/mol. The molecule has 0 aliphatic heterocycles. The zero-order valence-electron chi connectivity index (χ0n) is 13.0. The monoisotopic (exact) mass is 262 g/mol. The highest BCUT2D eigenvalue weighted by Gasteiger charge is 2.31. The predicted molar refractivity (Wildman–Crippen MR) is 81.2 cm³/mol. The van der Waals surface area contributed by atoms with Crippen LogP contribution in [0.5, 0.6) is 5.75 Å². The number of hydrogen-bond donors (Lipinski definition) is 0. The van der Waals surface area contributed by atoms with Crippen LogP contribution in [0.25, 0.3) is 6.08 Å². The molecule has 0 amide bonds. The van der Waals surface area contributed by atoms with E-state index in [0.717, 1.165) is 11.3 Å². The molecule has 0 radical (unpaired) electrons. The molecule has 0 spiro atoms. The fourth-order valence-corrected chi connectivity index (χ4v) is 1.50. The largest absolute Gasteiger partial charge is 0.464 e. The Balaban J connectivity index is 2.85. The minimum atomic E-state index is -0.290. The van der Waals surface area contributed by atoms with Gasteiger partial charge in [-0.1, -0.05) is 45.6 Å². The van der Waals surface area contributed by atoms with Crippen molar-refractivity contribution in [3.05, 3.63) is 36.4 Å². The molecule has 0 saturated carbocycles. The molecule has 0 saturated heterocycles. The Morgan fingerprint density at radius 1 is 1.00 bits per heavy atom. The maximum Gasteiger partial charge on any atom is 0.205 e. The molecule has 0 bridgehead atoms. The Bertz CT molecular complexity index is 404. The predicted octanol–water partition coefficient (Wildman–Crippen LogP) is 4.90. The van der Waals surface area contributed by atoms with E-state index in [1.54, 1.807) is 0 Å². The summed E-state index contributed by atoms with van der Waals surface area (Å²) in [6, 6.07) is 7.86. The lowest BCUT2D eigenvalue weighted by atomic mass is 9.95. The quantitative estimate of drug-likeness (QED) is 0.719. The van der Waals surface area contributed by atoms with Gasteiger partial charge in [0.25, 0.3) is 0 Å². The normalized spacial score (nSPS) is 14.0. The minimum absolute atomic E-state index is 0.0929. The smallest absolute Gasteiger partial charge is 0.205 e. The Hall–Kier alpha value is -1.28. The zero-order chi connectivity index (χ0) is 14.7. The Kier molecular flexibility index (Phi) is 4.81. The third-order valence-corrected chi connectivity index (χ3v) is 2.53. The third-order valence-electron chi connectivity index (χ3n) is 2.53. The summed E-state index contributed by atoms with van der Waals surface area (Å²) in [5.74, 6) is 0.815. The van der Waals surface area contributed by atoms with Gasteiger partial charge in [0, 0.05) is 5.41 Å². The van der Waals surface area contributed by atoms with Crippen LogP contribution in [0.2, 0.25) is 0 Å². The molecule has 2 heteroatoms. The van der Waals surface area contributed by atoms with Crippen molar-refractivity contribution < 1.29 is 9.47 Å². The number of ether oxygens (including phenoxy) is 2. The summed E-state index contributed by atoms with van der Waals surface area (Å²) in [7, 11) is 0. The van der Waals surface area contributed by atoms with Crippen LogP contribution >= 0.6 is 0 Å². The van der Waals surface area contributed by atoms with Gasteiger partial charge < -0.3 is 9.47 Å². The van der Waals surface area contributed by atoms with Crippen LogP contribution in [-0.2, 0) is 4.74 Å². The molecule has 1 rings (SSSR count). The first-order valence-corrected chi connectivity index (χ1v) is 6.69. The summed E-state index contributed by atoms with van der Waals surface area (Å²) in [5.41, 5.74) is 0.750. The summed E-state index contributed by atoms with van der Waals surface area (Å²) in [6.45, 7) is 16.2. The van der Waals surface area contributed by atoms with E-state index < -0.39 is 0 Å². The van der Waals surface area contributed by atoms with Crippen molar-refractivity contribution in [2.24, 2.45) is 5.41 Å². The fraction of sp³-hybridized carbons (Fsp3) is 0.529. The van der Waals surface area contributed by atoms with Crippen molar-refractivity contribution in [1.82, 2.24) is 0 Å². The van der Waals surface area contributed by atoms with Crippen LogP contribution in [0, 0.1) is 5.41 Å². The van der Waals surface area contributed by atoms with Crippen molar-refractivity contribution in [2.75, 3.05) is 0 Å². The van der Waals surface area contributed by atoms with E-state index in [-0.39, 0.29) is 17.3 Å². The van der Waals surface area contributed by atoms with Gasteiger partial charge in [-0.3, -0.25) is 0 Å². The lowest BCUT2D eigenvalue weighted by molar-refractivity contribution is -0.196. The van der Waals surface area contributed by atoms with Gasteiger partial charge in [0.1, 0.15) is 5.75 Å². The fourth-order valence-electron chi connectivity index (χ4n) is 1.50. The molecule has 0 aliphatic carbocycles. The maximum atomic E-state index is 6.02. The van der Waals surface area contributed by atoms with E-state index in [9.17, 15) is 0 Å². The van der Waals surface area contributed by atoms with Gasteiger partial charge in [-0.2, -0.15) is 0 Å². The van der Waals surface area contributed by atoms with Gasteiger partial charge in [-0.15, -0.1) is 0 Å². The summed E-state index contributed by atoms with van der Waals surface area (Å²) in [6.07, 6.45) is 1.53. The topological polar surface area (TPSA) is 18.5 Å². The van der Waals surface area contributed by atoms with Crippen LogP contribution in [0.15, 0.2) is 30.8 Å². The summed E-state index contributed by atoms with van der Waals surface area (Å²) in [4.78, 5) is 0. The molecule has 106 valence electrons. The van der Waals surface area contributed by atoms with Gasteiger partial charge in [-0.05, 0) is 38.5 Å². The van der Waals surface area contributed by atoms with Crippen LogP contribution in [0.3, 0.4) is 0 Å². The zero-order valence-corrected chi connectivity index (χ0v) is 13.0. The molecule has 0 aliphatic rings. The highest BCUT2D eigenvalue weighted by molar-refractivity contribution is 5.48. The highest BCUT2D eigenvalue weighted by Crippen LogP contribution is 2.29. The maximum absolute atomic E-state index is 6.02. The van der Waals surface area contributed by atoms with Crippen molar-refractivity contribution >= 4 is 6.08 Å². The van der Waals surface area contributed by atoms with E-state index in [1.165, 1.54) is 0 Å². The van der Waals surface area contributed by atoms with E-state index >= 15 is 0 Å². The molecule has 0 aromatic heterocycles. The first-order valence-electron chi connectivity index (χ1n) is 6.69. The first-order chi connectivity index (χ1) is 8.62. The second-order valence-electron chi connectivity index (χ2n) is 6.82. The van der Waals surface area contributed by atoms with Crippen molar-refractivity contribution in [3.63, 3.8) is 0 Å². The van der Waals surface area contributed by atoms with Gasteiger partial charge in [0.05, 0.1) is 5.60 Å². The van der Waals surface area contributed by atoms with E-state index in [2.05, 4.69) is 27.4 Å².